The van der Waals surface area contributed by atoms with Gasteiger partial charge in [0.25, 0.3) is 5.91 Å². The van der Waals surface area contributed by atoms with Crippen LogP contribution in [-0.2, 0) is 13.0 Å². The van der Waals surface area contributed by atoms with Gasteiger partial charge in [-0.2, -0.15) is 0 Å². The molecule has 0 bridgehead atoms. The molecule has 0 unspecified atom stereocenters. The number of aromatic nitrogens is 2. The minimum absolute atomic E-state index is 0.218. The molecule has 2 N–H and O–H groups in total. The van der Waals surface area contributed by atoms with E-state index in [9.17, 15) is 4.79 Å². The Morgan fingerprint density at radius 3 is 2.64 bits per heavy atom. The second-order valence-electron chi connectivity index (χ2n) is 6.41. The second kappa shape index (κ2) is 8.99. The third-order valence-electron chi connectivity index (χ3n) is 4.40. The van der Waals surface area contributed by atoms with Crippen LogP contribution in [0.2, 0.25) is 0 Å². The first-order chi connectivity index (χ1) is 13.6. The van der Waals surface area contributed by atoms with Crippen molar-refractivity contribution in [3.8, 4) is 5.75 Å². The summed E-state index contributed by atoms with van der Waals surface area (Å²) in [5, 5.41) is 6.09. The number of carbonyl (C=O) groups excluding carboxylic acids is 1. The highest BCUT2D eigenvalue weighted by Crippen LogP contribution is 2.16. The van der Waals surface area contributed by atoms with Gasteiger partial charge in [-0.15, -0.1) is 0 Å². The first kappa shape index (κ1) is 19.4. The lowest BCUT2D eigenvalue weighted by atomic mass is 10.1. The van der Waals surface area contributed by atoms with Gasteiger partial charge < -0.3 is 15.4 Å². The molecule has 0 saturated heterocycles. The van der Waals surface area contributed by atoms with Crippen molar-refractivity contribution in [3.05, 3.63) is 77.1 Å². The number of carbonyl (C=O) groups is 1. The molecule has 0 aliphatic rings. The molecule has 0 aliphatic carbocycles. The van der Waals surface area contributed by atoms with Gasteiger partial charge in [0.05, 0.1) is 18.4 Å². The molecule has 0 spiro atoms. The monoisotopic (exact) mass is 376 g/mol. The Morgan fingerprint density at radius 2 is 1.89 bits per heavy atom. The van der Waals surface area contributed by atoms with Gasteiger partial charge in [-0.3, -0.25) is 4.79 Å². The van der Waals surface area contributed by atoms with Crippen LogP contribution in [0.15, 0.2) is 54.7 Å². The fourth-order valence-corrected chi connectivity index (χ4v) is 2.81. The van der Waals surface area contributed by atoms with E-state index in [0.717, 1.165) is 23.4 Å². The molecule has 0 saturated carbocycles. The largest absolute Gasteiger partial charge is 0.497 e. The van der Waals surface area contributed by atoms with Gasteiger partial charge in [-0.25, -0.2) is 9.97 Å². The fourth-order valence-electron chi connectivity index (χ4n) is 2.81. The zero-order chi connectivity index (χ0) is 19.9. The molecule has 0 fully saturated rings. The molecule has 28 heavy (non-hydrogen) atoms. The topological polar surface area (TPSA) is 76.1 Å². The molecule has 0 aliphatic heterocycles. The summed E-state index contributed by atoms with van der Waals surface area (Å²) in [6, 6.07) is 15.6. The van der Waals surface area contributed by atoms with Gasteiger partial charge in [-0.05, 0) is 48.7 Å². The van der Waals surface area contributed by atoms with Crippen LogP contribution in [0, 0.1) is 6.92 Å². The number of nitrogens with zero attached hydrogens (tertiary/aromatic N) is 2. The molecular formula is C22H24N4O2. The van der Waals surface area contributed by atoms with Crippen molar-refractivity contribution >= 4 is 17.5 Å². The Kier molecular flexibility index (Phi) is 6.22. The average molecular weight is 376 g/mol. The molecule has 1 aromatic heterocycles. The quantitative estimate of drug-likeness (QED) is 0.646. The number of methoxy groups -OCH3 is 1. The van der Waals surface area contributed by atoms with Gasteiger partial charge in [0.15, 0.2) is 0 Å². The first-order valence-corrected chi connectivity index (χ1v) is 9.19. The number of ether oxygens (including phenoxy) is 1. The van der Waals surface area contributed by atoms with E-state index in [0.29, 0.717) is 23.8 Å². The molecule has 1 heterocycles. The highest BCUT2D eigenvalue weighted by atomic mass is 16.5. The van der Waals surface area contributed by atoms with E-state index >= 15 is 0 Å². The summed E-state index contributed by atoms with van der Waals surface area (Å²) in [6.07, 6.45) is 2.47. The van der Waals surface area contributed by atoms with Crippen LogP contribution in [0.4, 0.5) is 11.6 Å². The predicted octanol–water partition coefficient (Wildman–Crippen LogP) is 4.22. The lowest BCUT2D eigenvalue weighted by molar-refractivity contribution is 0.102. The van der Waals surface area contributed by atoms with E-state index in [4.69, 9.17) is 4.74 Å². The third kappa shape index (κ3) is 4.85. The maximum Gasteiger partial charge on any atom is 0.259 e. The molecule has 3 rings (SSSR count). The Labute approximate surface area is 165 Å². The average Bonchev–Trinajstić information content (AvgIpc) is 2.72. The normalized spacial score (nSPS) is 10.4. The van der Waals surface area contributed by atoms with E-state index in [-0.39, 0.29) is 5.91 Å². The zero-order valence-corrected chi connectivity index (χ0v) is 16.3. The van der Waals surface area contributed by atoms with Gasteiger partial charge >= 0.3 is 0 Å². The number of rotatable bonds is 7. The minimum atomic E-state index is -0.218. The summed E-state index contributed by atoms with van der Waals surface area (Å²) in [5.74, 6) is 1.06. The summed E-state index contributed by atoms with van der Waals surface area (Å²) >= 11 is 0. The first-order valence-electron chi connectivity index (χ1n) is 9.19. The molecule has 0 atom stereocenters. The van der Waals surface area contributed by atoms with Crippen molar-refractivity contribution in [1.82, 2.24) is 9.97 Å². The fraction of sp³-hybridized carbons (Fsp3) is 0.227. The van der Waals surface area contributed by atoms with E-state index < -0.39 is 0 Å². The van der Waals surface area contributed by atoms with Crippen molar-refractivity contribution in [2.24, 2.45) is 0 Å². The molecule has 144 valence electrons. The molecule has 0 radical (unpaired) electrons. The Morgan fingerprint density at radius 1 is 1.11 bits per heavy atom. The van der Waals surface area contributed by atoms with Gasteiger partial charge in [0.2, 0.25) is 5.95 Å². The number of aryl methyl sites for hydroxylation is 2. The van der Waals surface area contributed by atoms with Crippen LogP contribution < -0.4 is 15.4 Å². The third-order valence-corrected chi connectivity index (χ3v) is 4.40. The number of hydrogen-bond acceptors (Lipinski definition) is 5. The Bertz CT molecular complexity index is 972. The van der Waals surface area contributed by atoms with Crippen molar-refractivity contribution in [2.75, 3.05) is 17.7 Å². The van der Waals surface area contributed by atoms with Crippen LogP contribution >= 0.6 is 0 Å². The second-order valence-corrected chi connectivity index (χ2v) is 6.41. The van der Waals surface area contributed by atoms with Crippen LogP contribution in [0.3, 0.4) is 0 Å². The SMILES string of the molecule is CCc1cccc(NC(=O)c2cnc(NCc3cccc(OC)c3)nc2C)c1. The van der Waals surface area contributed by atoms with Crippen LogP contribution in [-0.4, -0.2) is 23.0 Å². The van der Waals surface area contributed by atoms with Crippen LogP contribution in [0.25, 0.3) is 0 Å². The Balaban J connectivity index is 1.66. The highest BCUT2D eigenvalue weighted by molar-refractivity contribution is 6.04. The summed E-state index contributed by atoms with van der Waals surface area (Å²) in [6.45, 7) is 4.44. The maximum atomic E-state index is 12.6. The lowest BCUT2D eigenvalue weighted by Gasteiger charge is -2.10. The number of nitrogens with one attached hydrogen (secondary N) is 2. The maximum absolute atomic E-state index is 12.6. The standard InChI is InChI=1S/C22H24N4O2/c1-4-16-7-5-9-18(11-16)26-21(27)20-14-24-22(25-15(20)2)23-13-17-8-6-10-19(12-17)28-3/h5-12,14H,4,13H2,1-3H3,(H,26,27)(H,23,24,25). The highest BCUT2D eigenvalue weighted by Gasteiger charge is 2.12. The van der Waals surface area contributed by atoms with Gasteiger partial charge in [0, 0.05) is 18.4 Å². The van der Waals surface area contributed by atoms with Crippen molar-refractivity contribution in [1.29, 1.82) is 0 Å². The Hall–Kier alpha value is -3.41. The summed E-state index contributed by atoms with van der Waals surface area (Å²) in [7, 11) is 1.64. The van der Waals surface area contributed by atoms with Gasteiger partial charge in [0.1, 0.15) is 5.75 Å². The van der Waals surface area contributed by atoms with Gasteiger partial charge in [-0.1, -0.05) is 31.2 Å². The van der Waals surface area contributed by atoms with Crippen molar-refractivity contribution < 1.29 is 9.53 Å². The van der Waals surface area contributed by atoms with E-state index in [2.05, 4.69) is 27.5 Å². The summed E-state index contributed by atoms with van der Waals surface area (Å²) < 4.78 is 5.23. The van der Waals surface area contributed by atoms with E-state index in [1.807, 2.05) is 48.5 Å². The number of amides is 1. The molecular weight excluding hydrogens is 352 g/mol. The van der Waals surface area contributed by atoms with Crippen molar-refractivity contribution in [3.63, 3.8) is 0 Å². The molecule has 2 aromatic carbocycles. The smallest absolute Gasteiger partial charge is 0.259 e. The minimum Gasteiger partial charge on any atom is -0.497 e. The number of benzene rings is 2. The summed E-state index contributed by atoms with van der Waals surface area (Å²) in [5.41, 5.74) is 4.06. The number of anilines is 2. The van der Waals surface area contributed by atoms with Crippen LogP contribution in [0.1, 0.15) is 34.1 Å². The zero-order valence-electron chi connectivity index (χ0n) is 16.3. The predicted molar refractivity (Wildman–Crippen MR) is 111 cm³/mol. The molecule has 3 aromatic rings. The number of hydrogen-bond donors (Lipinski definition) is 2. The van der Waals surface area contributed by atoms with Crippen molar-refractivity contribution in [2.45, 2.75) is 26.8 Å². The van der Waals surface area contributed by atoms with E-state index in [1.54, 1.807) is 20.2 Å². The molecule has 6 nitrogen and oxygen atoms in total. The summed E-state index contributed by atoms with van der Waals surface area (Å²) in [4.78, 5) is 21.3. The van der Waals surface area contributed by atoms with E-state index in [1.165, 1.54) is 5.56 Å². The molecule has 1 amide bonds. The lowest BCUT2D eigenvalue weighted by Crippen LogP contribution is -2.16. The van der Waals surface area contributed by atoms with Crippen LogP contribution in [0.5, 0.6) is 5.75 Å². The molecule has 6 heteroatoms.